The van der Waals surface area contributed by atoms with Gasteiger partial charge in [0.15, 0.2) is 11.5 Å². The van der Waals surface area contributed by atoms with Crippen LogP contribution in [0.25, 0.3) is 0 Å². The zero-order chi connectivity index (χ0) is 21.1. The molecule has 9 heteroatoms. The molecule has 0 unspecified atom stereocenters. The summed E-state index contributed by atoms with van der Waals surface area (Å²) in [5.41, 5.74) is -0.485. The number of carbonyl (C=O) groups excluding carboxylic acids is 2. The molecule has 2 aromatic carbocycles. The van der Waals surface area contributed by atoms with Gasteiger partial charge in [-0.3, -0.25) is 9.59 Å². The van der Waals surface area contributed by atoms with E-state index in [0.29, 0.717) is 24.7 Å². The summed E-state index contributed by atoms with van der Waals surface area (Å²) in [5, 5.41) is 5.22. The van der Waals surface area contributed by atoms with Crippen molar-refractivity contribution in [1.29, 1.82) is 0 Å². The summed E-state index contributed by atoms with van der Waals surface area (Å²) in [7, 11) is 0. The Morgan fingerprint density at radius 3 is 2.24 bits per heavy atom. The molecule has 0 fully saturated rings. The van der Waals surface area contributed by atoms with Gasteiger partial charge >= 0.3 is 0 Å². The second-order valence-electron chi connectivity index (χ2n) is 6.76. The predicted molar refractivity (Wildman–Crippen MR) is 104 cm³/mol. The van der Waals surface area contributed by atoms with Gasteiger partial charge in [0.05, 0.1) is 10.7 Å². The molecule has 6 nitrogen and oxygen atoms in total. The van der Waals surface area contributed by atoms with Crippen molar-refractivity contribution in [2.75, 3.05) is 18.5 Å². The van der Waals surface area contributed by atoms with Crippen molar-refractivity contribution >= 4 is 29.1 Å². The van der Waals surface area contributed by atoms with E-state index >= 15 is 0 Å². The highest BCUT2D eigenvalue weighted by molar-refractivity contribution is 6.34. The first-order valence-electron chi connectivity index (χ1n) is 8.92. The molecule has 0 saturated heterocycles. The first kappa shape index (κ1) is 20.9. The van der Waals surface area contributed by atoms with Crippen LogP contribution in [0, 0.1) is 17.6 Å². The Labute approximate surface area is 171 Å². The third kappa shape index (κ3) is 4.59. The minimum absolute atomic E-state index is 0.219. The lowest BCUT2D eigenvalue weighted by atomic mass is 10.0. The number of carbonyl (C=O) groups is 2. The van der Waals surface area contributed by atoms with Gasteiger partial charge in [-0.05, 0) is 18.1 Å². The summed E-state index contributed by atoms with van der Waals surface area (Å²) in [6.45, 7) is 4.13. The van der Waals surface area contributed by atoms with E-state index in [0.717, 1.165) is 18.2 Å². The van der Waals surface area contributed by atoms with Gasteiger partial charge in [0.25, 0.3) is 5.91 Å². The zero-order valence-corrected chi connectivity index (χ0v) is 16.5. The summed E-state index contributed by atoms with van der Waals surface area (Å²) in [4.78, 5) is 25.1. The summed E-state index contributed by atoms with van der Waals surface area (Å²) < 4.78 is 38.6. The number of rotatable bonds is 5. The molecule has 1 atom stereocenters. The van der Waals surface area contributed by atoms with E-state index < -0.39 is 35.1 Å². The molecule has 0 bridgehead atoms. The van der Waals surface area contributed by atoms with E-state index in [1.54, 1.807) is 13.8 Å². The molecule has 0 radical (unpaired) electrons. The average Bonchev–Trinajstić information content (AvgIpc) is 2.66. The Morgan fingerprint density at radius 2 is 1.66 bits per heavy atom. The lowest BCUT2D eigenvalue weighted by Gasteiger charge is -2.23. The fourth-order valence-corrected chi connectivity index (χ4v) is 3.03. The number of benzene rings is 2. The van der Waals surface area contributed by atoms with E-state index in [1.807, 2.05) is 0 Å². The number of hydrogen-bond acceptors (Lipinski definition) is 4. The van der Waals surface area contributed by atoms with Crippen LogP contribution in [0.1, 0.15) is 24.2 Å². The van der Waals surface area contributed by atoms with Gasteiger partial charge < -0.3 is 20.1 Å². The number of fused-ring (bicyclic) bond motifs is 1. The standard InChI is InChI=1S/C20H19ClF2N2O4/c1-10(2)18(25-19(26)17-12(22)4-3-5-13(17)23)20(27)24-14-9-16-15(8-11(14)21)28-6-7-29-16/h3-5,8-10,18H,6-7H2,1-2H3,(H,24,27)(H,25,26)/t18-/m0/s1. The zero-order valence-electron chi connectivity index (χ0n) is 15.7. The van der Waals surface area contributed by atoms with Crippen LogP contribution < -0.4 is 20.1 Å². The van der Waals surface area contributed by atoms with Crippen LogP contribution in [-0.4, -0.2) is 31.1 Å². The number of hydrogen-bond donors (Lipinski definition) is 2. The number of anilines is 1. The van der Waals surface area contributed by atoms with Crippen LogP contribution in [0.15, 0.2) is 30.3 Å². The third-order valence-electron chi connectivity index (χ3n) is 4.32. The van der Waals surface area contributed by atoms with Gasteiger partial charge in [-0.1, -0.05) is 31.5 Å². The third-order valence-corrected chi connectivity index (χ3v) is 4.63. The Bertz CT molecular complexity index is 932. The highest BCUT2D eigenvalue weighted by Gasteiger charge is 2.28. The maximum Gasteiger partial charge on any atom is 0.257 e. The molecule has 2 amide bonds. The van der Waals surface area contributed by atoms with Crippen LogP contribution in [0.2, 0.25) is 5.02 Å². The molecule has 3 rings (SSSR count). The number of amides is 2. The van der Waals surface area contributed by atoms with Gasteiger partial charge in [-0.2, -0.15) is 0 Å². The predicted octanol–water partition coefficient (Wildman–Crippen LogP) is 3.78. The summed E-state index contributed by atoms with van der Waals surface area (Å²) >= 11 is 6.20. The average molecular weight is 425 g/mol. The fourth-order valence-electron chi connectivity index (χ4n) is 2.83. The van der Waals surface area contributed by atoms with E-state index in [-0.39, 0.29) is 16.6 Å². The molecule has 1 heterocycles. The number of ether oxygens (including phenoxy) is 2. The SMILES string of the molecule is CC(C)[C@H](NC(=O)c1c(F)cccc1F)C(=O)Nc1cc2c(cc1Cl)OCCO2. The Hall–Kier alpha value is -2.87. The minimum atomic E-state index is -1.06. The van der Waals surface area contributed by atoms with Crippen molar-refractivity contribution in [3.05, 3.63) is 52.6 Å². The Morgan fingerprint density at radius 1 is 1.07 bits per heavy atom. The van der Waals surface area contributed by atoms with E-state index in [9.17, 15) is 18.4 Å². The molecular weight excluding hydrogens is 406 g/mol. The second-order valence-corrected chi connectivity index (χ2v) is 7.16. The van der Waals surface area contributed by atoms with Crippen molar-refractivity contribution in [2.45, 2.75) is 19.9 Å². The van der Waals surface area contributed by atoms with Crippen LogP contribution >= 0.6 is 11.6 Å². The van der Waals surface area contributed by atoms with Gasteiger partial charge in [0.2, 0.25) is 5.91 Å². The molecule has 0 aliphatic carbocycles. The van der Waals surface area contributed by atoms with Crippen LogP contribution in [0.4, 0.5) is 14.5 Å². The van der Waals surface area contributed by atoms with Gasteiger partial charge in [-0.15, -0.1) is 0 Å². The molecule has 1 aliphatic rings. The highest BCUT2D eigenvalue weighted by atomic mass is 35.5. The van der Waals surface area contributed by atoms with Crippen LogP contribution in [0.5, 0.6) is 11.5 Å². The lowest BCUT2D eigenvalue weighted by Crippen LogP contribution is -2.47. The van der Waals surface area contributed by atoms with E-state index in [1.165, 1.54) is 12.1 Å². The summed E-state index contributed by atoms with van der Waals surface area (Å²) in [6.07, 6.45) is 0. The van der Waals surface area contributed by atoms with Gasteiger partial charge in [0, 0.05) is 12.1 Å². The summed E-state index contributed by atoms with van der Waals surface area (Å²) in [6, 6.07) is 5.06. The molecular formula is C20H19ClF2N2O4. The molecule has 0 spiro atoms. The van der Waals surface area contributed by atoms with Crippen molar-refractivity contribution < 1.29 is 27.8 Å². The number of nitrogens with one attached hydrogen (secondary N) is 2. The molecule has 0 saturated carbocycles. The number of halogens is 3. The van der Waals surface area contributed by atoms with Crippen LogP contribution in [0.3, 0.4) is 0 Å². The van der Waals surface area contributed by atoms with Gasteiger partial charge in [-0.25, -0.2) is 8.78 Å². The fraction of sp³-hybridized carbons (Fsp3) is 0.300. The Kier molecular flexibility index (Phi) is 6.22. The maximum absolute atomic E-state index is 13.9. The largest absolute Gasteiger partial charge is 0.486 e. The van der Waals surface area contributed by atoms with E-state index in [2.05, 4.69) is 10.6 Å². The van der Waals surface area contributed by atoms with Crippen molar-refractivity contribution in [2.24, 2.45) is 5.92 Å². The first-order valence-corrected chi connectivity index (χ1v) is 9.30. The molecule has 2 N–H and O–H groups in total. The van der Waals surface area contributed by atoms with Gasteiger partial charge in [0.1, 0.15) is 36.5 Å². The molecule has 29 heavy (non-hydrogen) atoms. The maximum atomic E-state index is 13.9. The minimum Gasteiger partial charge on any atom is -0.486 e. The molecule has 2 aromatic rings. The first-order chi connectivity index (χ1) is 13.8. The van der Waals surface area contributed by atoms with Crippen molar-refractivity contribution in [3.63, 3.8) is 0 Å². The Balaban J connectivity index is 1.79. The molecule has 0 aromatic heterocycles. The second kappa shape index (κ2) is 8.65. The normalized spacial score (nSPS) is 13.7. The smallest absolute Gasteiger partial charge is 0.257 e. The topological polar surface area (TPSA) is 76.7 Å². The summed E-state index contributed by atoms with van der Waals surface area (Å²) in [5.74, 6) is -3.13. The highest BCUT2D eigenvalue weighted by Crippen LogP contribution is 2.38. The van der Waals surface area contributed by atoms with Crippen molar-refractivity contribution in [1.82, 2.24) is 5.32 Å². The van der Waals surface area contributed by atoms with E-state index in [4.69, 9.17) is 21.1 Å². The molecule has 1 aliphatic heterocycles. The quantitative estimate of drug-likeness (QED) is 0.765. The van der Waals surface area contributed by atoms with Crippen molar-refractivity contribution in [3.8, 4) is 11.5 Å². The van der Waals surface area contributed by atoms with Crippen LogP contribution in [-0.2, 0) is 4.79 Å². The molecule has 154 valence electrons. The lowest BCUT2D eigenvalue weighted by molar-refractivity contribution is -0.118. The monoisotopic (exact) mass is 424 g/mol.